The molecule has 2 N–H and O–H groups in total. The van der Waals surface area contributed by atoms with E-state index >= 15 is 0 Å². The van der Waals surface area contributed by atoms with Crippen LogP contribution in [0.4, 0.5) is 0 Å². The van der Waals surface area contributed by atoms with Crippen molar-refractivity contribution >= 4 is 23.2 Å². The molecule has 3 rings (SSSR count). The van der Waals surface area contributed by atoms with Crippen LogP contribution in [0, 0.1) is 13.8 Å². The third-order valence-electron chi connectivity index (χ3n) is 4.08. The van der Waals surface area contributed by atoms with Crippen LogP contribution in [-0.2, 0) is 4.79 Å². The van der Waals surface area contributed by atoms with Crippen molar-refractivity contribution in [3.63, 3.8) is 0 Å². The molecule has 26 heavy (non-hydrogen) atoms. The number of nitrogens with one attached hydrogen (secondary N) is 1. The Bertz CT molecular complexity index is 944. The van der Waals surface area contributed by atoms with Gasteiger partial charge in [0.1, 0.15) is 5.76 Å². The van der Waals surface area contributed by atoms with E-state index in [1.54, 1.807) is 17.7 Å². The number of benzene rings is 1. The number of amides is 1. The van der Waals surface area contributed by atoms with Crippen LogP contribution in [0.25, 0.3) is 11.3 Å². The van der Waals surface area contributed by atoms with Gasteiger partial charge >= 0.3 is 5.97 Å². The second-order valence-corrected chi connectivity index (χ2v) is 6.77. The van der Waals surface area contributed by atoms with E-state index in [0.29, 0.717) is 5.69 Å². The van der Waals surface area contributed by atoms with Gasteiger partial charge in [-0.15, -0.1) is 11.3 Å². The molecule has 0 saturated heterocycles. The van der Waals surface area contributed by atoms with Crippen molar-refractivity contribution in [2.24, 2.45) is 0 Å². The van der Waals surface area contributed by atoms with Crippen LogP contribution in [0.3, 0.4) is 0 Å². The van der Waals surface area contributed by atoms with Crippen LogP contribution >= 0.6 is 11.3 Å². The Morgan fingerprint density at radius 2 is 2.04 bits per heavy atom. The third kappa shape index (κ3) is 3.83. The van der Waals surface area contributed by atoms with E-state index in [0.717, 1.165) is 22.5 Å². The van der Waals surface area contributed by atoms with E-state index in [1.165, 1.54) is 11.3 Å². The van der Waals surface area contributed by atoms with Gasteiger partial charge in [0.25, 0.3) is 5.91 Å². The number of hydrogen-bond donors (Lipinski definition) is 2. The number of aliphatic carboxylic acids is 1. The zero-order valence-corrected chi connectivity index (χ0v) is 15.2. The van der Waals surface area contributed by atoms with Gasteiger partial charge in [0.05, 0.1) is 24.4 Å². The first-order valence-corrected chi connectivity index (χ1v) is 8.92. The summed E-state index contributed by atoms with van der Waals surface area (Å²) in [4.78, 5) is 28.2. The molecule has 0 aliphatic heterocycles. The number of furan rings is 1. The SMILES string of the molecule is Cc1ccccc1C(CC(=O)O)NC(=O)c1nc(-c2ccoc2C)cs1. The molecule has 0 aliphatic rings. The van der Waals surface area contributed by atoms with E-state index in [4.69, 9.17) is 4.42 Å². The Hall–Kier alpha value is -2.93. The summed E-state index contributed by atoms with van der Waals surface area (Å²) >= 11 is 1.21. The first kappa shape index (κ1) is 17.9. The Labute approximate surface area is 154 Å². The number of carboxylic acids is 1. The molecule has 0 fully saturated rings. The molecule has 0 saturated carbocycles. The van der Waals surface area contributed by atoms with Gasteiger partial charge in [0.15, 0.2) is 5.01 Å². The molecule has 6 nitrogen and oxygen atoms in total. The molecule has 0 bridgehead atoms. The smallest absolute Gasteiger partial charge is 0.305 e. The zero-order chi connectivity index (χ0) is 18.7. The minimum absolute atomic E-state index is 0.199. The molecule has 134 valence electrons. The van der Waals surface area contributed by atoms with Gasteiger partial charge < -0.3 is 14.8 Å². The summed E-state index contributed by atoms with van der Waals surface area (Å²) in [5.41, 5.74) is 3.21. The summed E-state index contributed by atoms with van der Waals surface area (Å²) in [6.07, 6.45) is 1.38. The minimum Gasteiger partial charge on any atom is -0.481 e. The van der Waals surface area contributed by atoms with E-state index in [1.807, 2.05) is 38.1 Å². The lowest BCUT2D eigenvalue weighted by molar-refractivity contribution is -0.137. The molecule has 1 atom stereocenters. The largest absolute Gasteiger partial charge is 0.481 e. The van der Waals surface area contributed by atoms with Crippen molar-refractivity contribution in [1.82, 2.24) is 10.3 Å². The van der Waals surface area contributed by atoms with Gasteiger partial charge in [-0.3, -0.25) is 9.59 Å². The summed E-state index contributed by atoms with van der Waals surface area (Å²) in [6, 6.07) is 8.59. The van der Waals surface area contributed by atoms with Crippen molar-refractivity contribution in [2.45, 2.75) is 26.3 Å². The van der Waals surface area contributed by atoms with Gasteiger partial charge in [-0.1, -0.05) is 24.3 Å². The molecular formula is C19H18N2O4S. The van der Waals surface area contributed by atoms with Crippen molar-refractivity contribution in [1.29, 1.82) is 0 Å². The maximum absolute atomic E-state index is 12.6. The number of carboxylic acid groups (broad SMARTS) is 1. The van der Waals surface area contributed by atoms with Crippen molar-refractivity contribution in [3.05, 3.63) is 63.9 Å². The van der Waals surface area contributed by atoms with Crippen molar-refractivity contribution in [3.8, 4) is 11.3 Å². The number of rotatable bonds is 6. The number of aryl methyl sites for hydroxylation is 2. The number of nitrogens with zero attached hydrogens (tertiary/aromatic N) is 1. The Kier molecular flexibility index (Phi) is 5.18. The highest BCUT2D eigenvalue weighted by molar-refractivity contribution is 7.12. The molecular weight excluding hydrogens is 352 g/mol. The fourth-order valence-corrected chi connectivity index (χ4v) is 3.48. The summed E-state index contributed by atoms with van der Waals surface area (Å²) in [5.74, 6) is -0.643. The van der Waals surface area contributed by atoms with Gasteiger partial charge in [-0.05, 0) is 31.0 Å². The van der Waals surface area contributed by atoms with Gasteiger partial charge in [-0.2, -0.15) is 0 Å². The number of carbonyl (C=O) groups excluding carboxylic acids is 1. The lowest BCUT2D eigenvalue weighted by Crippen LogP contribution is -2.30. The second-order valence-electron chi connectivity index (χ2n) is 5.91. The van der Waals surface area contributed by atoms with E-state index < -0.39 is 17.9 Å². The van der Waals surface area contributed by atoms with Crippen LogP contribution in [0.2, 0.25) is 0 Å². The second kappa shape index (κ2) is 7.53. The van der Waals surface area contributed by atoms with E-state index in [-0.39, 0.29) is 11.4 Å². The molecule has 0 spiro atoms. The molecule has 2 heterocycles. The Morgan fingerprint density at radius 1 is 1.27 bits per heavy atom. The minimum atomic E-state index is -0.979. The topological polar surface area (TPSA) is 92.4 Å². The highest BCUT2D eigenvalue weighted by atomic mass is 32.1. The molecule has 1 unspecified atom stereocenters. The predicted octanol–water partition coefficient (Wildman–Crippen LogP) is 3.97. The molecule has 3 aromatic rings. The first-order chi connectivity index (χ1) is 12.5. The highest BCUT2D eigenvalue weighted by Gasteiger charge is 2.22. The number of hydrogen-bond acceptors (Lipinski definition) is 5. The fourth-order valence-electron chi connectivity index (χ4n) is 2.76. The summed E-state index contributed by atoms with van der Waals surface area (Å²) < 4.78 is 5.27. The van der Waals surface area contributed by atoms with E-state index in [2.05, 4.69) is 10.3 Å². The standard InChI is InChI=1S/C19H18N2O4S/c1-11-5-3-4-6-13(11)15(9-17(22)23)20-18(24)19-21-16(10-26-19)14-7-8-25-12(14)2/h3-8,10,15H,9H2,1-2H3,(H,20,24)(H,22,23). The van der Waals surface area contributed by atoms with Crippen LogP contribution in [0.15, 0.2) is 46.4 Å². The number of carbonyl (C=O) groups is 2. The normalized spacial score (nSPS) is 11.9. The third-order valence-corrected chi connectivity index (χ3v) is 4.92. The van der Waals surface area contributed by atoms with Gasteiger partial charge in [0, 0.05) is 10.9 Å². The van der Waals surface area contributed by atoms with Crippen LogP contribution in [0.1, 0.15) is 39.2 Å². The van der Waals surface area contributed by atoms with Crippen LogP contribution < -0.4 is 5.32 Å². The summed E-state index contributed by atoms with van der Waals surface area (Å²) in [7, 11) is 0. The Balaban J connectivity index is 1.82. The summed E-state index contributed by atoms with van der Waals surface area (Å²) in [6.45, 7) is 3.72. The van der Waals surface area contributed by atoms with Gasteiger partial charge in [-0.25, -0.2) is 4.98 Å². The average Bonchev–Trinajstić information content (AvgIpc) is 3.23. The molecule has 2 aromatic heterocycles. The molecule has 1 aromatic carbocycles. The number of thiazole rings is 1. The predicted molar refractivity (Wildman–Crippen MR) is 98.2 cm³/mol. The first-order valence-electron chi connectivity index (χ1n) is 8.04. The summed E-state index contributed by atoms with van der Waals surface area (Å²) in [5, 5.41) is 14.1. The molecule has 0 aliphatic carbocycles. The van der Waals surface area contributed by atoms with Crippen molar-refractivity contribution in [2.75, 3.05) is 0 Å². The average molecular weight is 370 g/mol. The van der Waals surface area contributed by atoms with E-state index in [9.17, 15) is 14.7 Å². The lowest BCUT2D eigenvalue weighted by atomic mass is 9.99. The molecule has 0 radical (unpaired) electrons. The quantitative estimate of drug-likeness (QED) is 0.685. The monoisotopic (exact) mass is 370 g/mol. The van der Waals surface area contributed by atoms with Gasteiger partial charge in [0.2, 0.25) is 0 Å². The molecule has 7 heteroatoms. The lowest BCUT2D eigenvalue weighted by Gasteiger charge is -2.18. The zero-order valence-electron chi connectivity index (χ0n) is 14.4. The maximum atomic E-state index is 12.6. The fraction of sp³-hybridized carbons (Fsp3) is 0.211. The van der Waals surface area contributed by atoms with Crippen LogP contribution in [-0.4, -0.2) is 22.0 Å². The molecule has 1 amide bonds. The maximum Gasteiger partial charge on any atom is 0.305 e. The highest BCUT2D eigenvalue weighted by Crippen LogP contribution is 2.27. The van der Waals surface area contributed by atoms with Crippen molar-refractivity contribution < 1.29 is 19.1 Å². The Morgan fingerprint density at radius 3 is 2.69 bits per heavy atom. The number of aromatic nitrogens is 1. The van der Waals surface area contributed by atoms with Crippen LogP contribution in [0.5, 0.6) is 0 Å².